The third-order valence-corrected chi connectivity index (χ3v) is 3.05. The van der Waals surface area contributed by atoms with E-state index in [0.29, 0.717) is 18.2 Å². The number of aromatic nitrogens is 2. The monoisotopic (exact) mass is 229 g/mol. The van der Waals surface area contributed by atoms with Crippen molar-refractivity contribution in [3.8, 4) is 0 Å². The van der Waals surface area contributed by atoms with E-state index in [-0.39, 0.29) is 6.04 Å². The molecule has 1 saturated carbocycles. The van der Waals surface area contributed by atoms with Crippen LogP contribution >= 0.6 is 0 Å². The maximum atomic E-state index is 6.10. The molecule has 0 saturated heterocycles. The lowest BCUT2D eigenvalue weighted by Gasteiger charge is -2.08. The Labute approximate surface area is 99.8 Å². The first-order valence-corrected chi connectivity index (χ1v) is 5.96. The molecule has 1 fully saturated rings. The van der Waals surface area contributed by atoms with Crippen molar-refractivity contribution < 1.29 is 4.52 Å². The molecule has 1 aromatic carbocycles. The molecular formula is C13H15N3O. The van der Waals surface area contributed by atoms with Gasteiger partial charge >= 0.3 is 0 Å². The molecule has 2 N–H and O–H groups in total. The zero-order valence-electron chi connectivity index (χ0n) is 9.54. The second-order valence-corrected chi connectivity index (χ2v) is 4.54. The third-order valence-electron chi connectivity index (χ3n) is 3.05. The molecule has 17 heavy (non-hydrogen) atoms. The highest BCUT2D eigenvalue weighted by Crippen LogP contribution is 2.38. The van der Waals surface area contributed by atoms with Crippen LogP contribution in [0.2, 0.25) is 0 Å². The highest BCUT2D eigenvalue weighted by molar-refractivity contribution is 5.19. The molecule has 0 amide bonds. The molecule has 4 heteroatoms. The fraction of sp³-hybridized carbons (Fsp3) is 0.385. The minimum absolute atomic E-state index is 0.0799. The number of nitrogens with zero attached hydrogens (tertiary/aromatic N) is 2. The third kappa shape index (κ3) is 2.36. The fourth-order valence-corrected chi connectivity index (χ4v) is 1.86. The van der Waals surface area contributed by atoms with Gasteiger partial charge in [-0.1, -0.05) is 35.5 Å². The van der Waals surface area contributed by atoms with Crippen LogP contribution < -0.4 is 5.73 Å². The van der Waals surface area contributed by atoms with E-state index in [9.17, 15) is 0 Å². The first kappa shape index (κ1) is 10.5. The van der Waals surface area contributed by atoms with Crippen LogP contribution in [0.4, 0.5) is 0 Å². The van der Waals surface area contributed by atoms with Gasteiger partial charge in [0.05, 0.1) is 0 Å². The molecule has 1 aromatic heterocycles. The molecule has 0 radical (unpaired) electrons. The second-order valence-electron chi connectivity index (χ2n) is 4.54. The summed E-state index contributed by atoms with van der Waals surface area (Å²) in [5, 5.41) is 3.98. The summed E-state index contributed by atoms with van der Waals surface area (Å²) >= 11 is 0. The number of nitrogens with two attached hydrogens (primary N) is 1. The predicted octanol–water partition coefficient (Wildman–Crippen LogP) is 2.19. The largest absolute Gasteiger partial charge is 0.339 e. The van der Waals surface area contributed by atoms with Crippen LogP contribution in [0.3, 0.4) is 0 Å². The van der Waals surface area contributed by atoms with E-state index >= 15 is 0 Å². The summed E-state index contributed by atoms with van der Waals surface area (Å²) in [5.74, 6) is 2.02. The molecule has 2 aromatic rings. The van der Waals surface area contributed by atoms with E-state index in [4.69, 9.17) is 10.3 Å². The molecule has 3 rings (SSSR count). The standard InChI is InChI=1S/C13H15N3O/c14-11(9-4-2-1-3-5-9)8-12-15-13(16-17-12)10-6-7-10/h1-5,10-11H,6-8,14H2. The lowest BCUT2D eigenvalue weighted by atomic mass is 10.1. The Balaban J connectivity index is 1.69. The van der Waals surface area contributed by atoms with Gasteiger partial charge < -0.3 is 10.3 Å². The van der Waals surface area contributed by atoms with Gasteiger partial charge in [0.15, 0.2) is 5.82 Å². The van der Waals surface area contributed by atoms with Crippen molar-refractivity contribution >= 4 is 0 Å². The van der Waals surface area contributed by atoms with E-state index in [1.807, 2.05) is 30.3 Å². The van der Waals surface area contributed by atoms with Gasteiger partial charge in [-0.3, -0.25) is 0 Å². The Morgan fingerprint density at radius 1 is 1.29 bits per heavy atom. The lowest BCUT2D eigenvalue weighted by molar-refractivity contribution is 0.365. The Morgan fingerprint density at radius 2 is 2.06 bits per heavy atom. The highest BCUT2D eigenvalue weighted by atomic mass is 16.5. The van der Waals surface area contributed by atoms with Crippen molar-refractivity contribution in [1.29, 1.82) is 0 Å². The van der Waals surface area contributed by atoms with Crippen molar-refractivity contribution in [3.05, 3.63) is 47.6 Å². The van der Waals surface area contributed by atoms with Crippen LogP contribution in [-0.2, 0) is 6.42 Å². The van der Waals surface area contributed by atoms with Gasteiger partial charge in [-0.15, -0.1) is 0 Å². The Hall–Kier alpha value is -1.68. The molecule has 1 unspecified atom stereocenters. The van der Waals surface area contributed by atoms with Crippen LogP contribution in [0.25, 0.3) is 0 Å². The number of hydrogen-bond acceptors (Lipinski definition) is 4. The van der Waals surface area contributed by atoms with Gasteiger partial charge in [0.25, 0.3) is 0 Å². The first-order valence-electron chi connectivity index (χ1n) is 5.96. The maximum absolute atomic E-state index is 6.10. The minimum Gasteiger partial charge on any atom is -0.339 e. The van der Waals surface area contributed by atoms with Gasteiger partial charge in [-0.05, 0) is 18.4 Å². The van der Waals surface area contributed by atoms with Crippen molar-refractivity contribution in [2.75, 3.05) is 0 Å². The van der Waals surface area contributed by atoms with E-state index < -0.39 is 0 Å². The maximum Gasteiger partial charge on any atom is 0.228 e. The molecule has 4 nitrogen and oxygen atoms in total. The number of rotatable bonds is 4. The van der Waals surface area contributed by atoms with Crippen molar-refractivity contribution in [3.63, 3.8) is 0 Å². The lowest BCUT2D eigenvalue weighted by Crippen LogP contribution is -2.13. The average molecular weight is 229 g/mol. The van der Waals surface area contributed by atoms with E-state index in [0.717, 1.165) is 11.4 Å². The first-order chi connectivity index (χ1) is 8.33. The summed E-state index contributed by atoms with van der Waals surface area (Å²) < 4.78 is 5.22. The average Bonchev–Trinajstić information content (AvgIpc) is 3.12. The van der Waals surface area contributed by atoms with Crippen LogP contribution in [0.1, 0.15) is 42.1 Å². The Bertz CT molecular complexity index is 490. The molecule has 1 aliphatic carbocycles. The van der Waals surface area contributed by atoms with Gasteiger partial charge in [0.2, 0.25) is 5.89 Å². The number of hydrogen-bond donors (Lipinski definition) is 1. The SMILES string of the molecule is NC(Cc1nc(C2CC2)no1)c1ccccc1. The van der Waals surface area contributed by atoms with Gasteiger partial charge in [-0.2, -0.15) is 4.98 Å². The van der Waals surface area contributed by atoms with Crippen LogP contribution in [-0.4, -0.2) is 10.1 Å². The van der Waals surface area contributed by atoms with Crippen LogP contribution in [0.5, 0.6) is 0 Å². The topological polar surface area (TPSA) is 64.9 Å². The summed E-state index contributed by atoms with van der Waals surface area (Å²) in [5.41, 5.74) is 7.20. The highest BCUT2D eigenvalue weighted by Gasteiger charge is 2.28. The van der Waals surface area contributed by atoms with Gasteiger partial charge in [0, 0.05) is 18.4 Å². The van der Waals surface area contributed by atoms with Crippen LogP contribution in [0, 0.1) is 0 Å². The Kier molecular flexibility index (Phi) is 2.65. The summed E-state index contributed by atoms with van der Waals surface area (Å²) in [7, 11) is 0. The van der Waals surface area contributed by atoms with Gasteiger partial charge in [-0.25, -0.2) is 0 Å². The molecular weight excluding hydrogens is 214 g/mol. The second kappa shape index (κ2) is 4.30. The quantitative estimate of drug-likeness (QED) is 0.872. The predicted molar refractivity (Wildman–Crippen MR) is 63.3 cm³/mol. The summed E-state index contributed by atoms with van der Waals surface area (Å²) in [4.78, 5) is 4.38. The molecule has 0 bridgehead atoms. The smallest absolute Gasteiger partial charge is 0.228 e. The molecule has 0 aliphatic heterocycles. The molecule has 1 aliphatic rings. The normalized spacial score (nSPS) is 17.0. The Morgan fingerprint density at radius 3 is 2.76 bits per heavy atom. The fourth-order valence-electron chi connectivity index (χ4n) is 1.86. The molecule has 1 atom stereocenters. The van der Waals surface area contributed by atoms with E-state index in [1.165, 1.54) is 12.8 Å². The van der Waals surface area contributed by atoms with Crippen molar-refractivity contribution in [2.24, 2.45) is 5.73 Å². The summed E-state index contributed by atoms with van der Waals surface area (Å²) in [6.45, 7) is 0. The van der Waals surface area contributed by atoms with Gasteiger partial charge in [0.1, 0.15) is 0 Å². The molecule has 1 heterocycles. The van der Waals surface area contributed by atoms with Crippen molar-refractivity contribution in [2.45, 2.75) is 31.2 Å². The zero-order chi connectivity index (χ0) is 11.7. The van der Waals surface area contributed by atoms with E-state index in [2.05, 4.69) is 10.1 Å². The summed E-state index contributed by atoms with van der Waals surface area (Å²) in [6, 6.07) is 9.90. The van der Waals surface area contributed by atoms with Crippen molar-refractivity contribution in [1.82, 2.24) is 10.1 Å². The molecule has 0 spiro atoms. The van der Waals surface area contributed by atoms with E-state index in [1.54, 1.807) is 0 Å². The summed E-state index contributed by atoms with van der Waals surface area (Å²) in [6.07, 6.45) is 2.97. The minimum atomic E-state index is -0.0799. The van der Waals surface area contributed by atoms with Crippen LogP contribution in [0.15, 0.2) is 34.9 Å². The zero-order valence-corrected chi connectivity index (χ0v) is 9.54. The molecule has 88 valence electrons. The number of benzene rings is 1.